The highest BCUT2D eigenvalue weighted by Crippen LogP contribution is 2.18. The fourth-order valence-electron chi connectivity index (χ4n) is 2.05. The fourth-order valence-corrected chi connectivity index (χ4v) is 2.05. The summed E-state index contributed by atoms with van der Waals surface area (Å²) in [6.45, 7) is 1.66. The normalized spacial score (nSPS) is 11.0. The van der Waals surface area contributed by atoms with E-state index in [0.29, 0.717) is 11.3 Å². The number of carboxylic acid groups (broad SMARTS) is 1. The Kier molecular flexibility index (Phi) is 5.15. The second-order valence-corrected chi connectivity index (χ2v) is 4.91. The van der Waals surface area contributed by atoms with Crippen LogP contribution in [0.3, 0.4) is 0 Å². The van der Waals surface area contributed by atoms with Gasteiger partial charge in [0.2, 0.25) is 0 Å². The number of carboxylic acids is 1. The minimum absolute atomic E-state index is 0.0510. The van der Waals surface area contributed by atoms with E-state index in [1.54, 1.807) is 38.3 Å². The lowest BCUT2D eigenvalue weighted by Crippen LogP contribution is -2.15. The Bertz CT molecular complexity index is 765. The van der Waals surface area contributed by atoms with Crippen molar-refractivity contribution in [2.45, 2.75) is 6.92 Å². The van der Waals surface area contributed by atoms with Crippen LogP contribution in [0.2, 0.25) is 0 Å². The van der Waals surface area contributed by atoms with E-state index in [-0.39, 0.29) is 17.2 Å². The van der Waals surface area contributed by atoms with E-state index < -0.39 is 5.97 Å². The summed E-state index contributed by atoms with van der Waals surface area (Å²) in [5.41, 5.74) is 1.60. The van der Waals surface area contributed by atoms with Crippen molar-refractivity contribution in [2.75, 3.05) is 12.4 Å². The van der Waals surface area contributed by atoms with Crippen molar-refractivity contribution in [1.82, 2.24) is 0 Å². The number of methoxy groups -OCH3 is 1. The molecule has 5 heteroatoms. The Balaban J connectivity index is 2.20. The van der Waals surface area contributed by atoms with E-state index >= 15 is 0 Å². The highest BCUT2D eigenvalue weighted by molar-refractivity contribution is 6.09. The van der Waals surface area contributed by atoms with Crippen molar-refractivity contribution in [1.29, 1.82) is 0 Å². The maximum atomic E-state index is 12.2. The summed E-state index contributed by atoms with van der Waals surface area (Å²) in [5, 5.41) is 11.8. The molecular weight excluding hydrogens is 294 g/mol. The van der Waals surface area contributed by atoms with Crippen LogP contribution in [0.1, 0.15) is 22.8 Å². The first-order chi connectivity index (χ1) is 11.0. The SMILES string of the molecule is COc1cccc(C=C(C)C(=O)Nc2ccccc2C(=O)O)c1. The molecule has 118 valence electrons. The summed E-state index contributed by atoms with van der Waals surface area (Å²) in [5.74, 6) is -0.750. The molecule has 5 nitrogen and oxygen atoms in total. The molecule has 0 saturated carbocycles. The van der Waals surface area contributed by atoms with Crippen LogP contribution in [0.25, 0.3) is 6.08 Å². The predicted molar refractivity (Wildman–Crippen MR) is 88.7 cm³/mol. The zero-order valence-corrected chi connectivity index (χ0v) is 12.9. The molecule has 0 heterocycles. The van der Waals surface area contributed by atoms with Crippen LogP contribution < -0.4 is 10.1 Å². The van der Waals surface area contributed by atoms with Crippen molar-refractivity contribution in [3.63, 3.8) is 0 Å². The average Bonchev–Trinajstić information content (AvgIpc) is 2.55. The van der Waals surface area contributed by atoms with E-state index in [1.165, 1.54) is 6.07 Å². The van der Waals surface area contributed by atoms with Crippen molar-refractivity contribution in [3.8, 4) is 5.75 Å². The molecule has 2 aromatic carbocycles. The molecule has 23 heavy (non-hydrogen) atoms. The van der Waals surface area contributed by atoms with Gasteiger partial charge in [0.05, 0.1) is 18.4 Å². The van der Waals surface area contributed by atoms with Crippen LogP contribution in [0, 0.1) is 0 Å². The second kappa shape index (κ2) is 7.26. The van der Waals surface area contributed by atoms with E-state index in [9.17, 15) is 9.59 Å². The van der Waals surface area contributed by atoms with Crippen LogP contribution in [0.4, 0.5) is 5.69 Å². The second-order valence-electron chi connectivity index (χ2n) is 4.91. The van der Waals surface area contributed by atoms with Gasteiger partial charge in [0.25, 0.3) is 5.91 Å². The largest absolute Gasteiger partial charge is 0.497 e. The Labute approximate surface area is 134 Å². The zero-order valence-electron chi connectivity index (χ0n) is 12.9. The molecule has 0 fully saturated rings. The van der Waals surface area contributed by atoms with Gasteiger partial charge in [-0.3, -0.25) is 4.79 Å². The molecule has 0 unspecified atom stereocenters. The molecule has 1 amide bonds. The molecule has 0 aliphatic rings. The van der Waals surface area contributed by atoms with Gasteiger partial charge >= 0.3 is 5.97 Å². The monoisotopic (exact) mass is 311 g/mol. The number of carbonyl (C=O) groups is 2. The van der Waals surface area contributed by atoms with Gasteiger partial charge in [-0.05, 0) is 42.8 Å². The topological polar surface area (TPSA) is 75.6 Å². The number of anilines is 1. The lowest BCUT2D eigenvalue weighted by molar-refractivity contribution is -0.112. The number of para-hydroxylation sites is 1. The number of amides is 1. The number of hydrogen-bond donors (Lipinski definition) is 2. The lowest BCUT2D eigenvalue weighted by atomic mass is 10.1. The molecule has 2 rings (SSSR count). The predicted octanol–water partition coefficient (Wildman–Crippen LogP) is 3.44. The minimum atomic E-state index is -1.09. The number of nitrogens with one attached hydrogen (secondary N) is 1. The number of carbonyl (C=O) groups excluding carboxylic acids is 1. The molecule has 2 aromatic rings. The van der Waals surface area contributed by atoms with E-state index in [2.05, 4.69) is 5.32 Å². The lowest BCUT2D eigenvalue weighted by Gasteiger charge is -2.08. The maximum Gasteiger partial charge on any atom is 0.337 e. The fraction of sp³-hybridized carbons (Fsp3) is 0.111. The molecule has 0 aromatic heterocycles. The quantitative estimate of drug-likeness (QED) is 0.829. The first kappa shape index (κ1) is 16.3. The van der Waals surface area contributed by atoms with Crippen molar-refractivity contribution in [2.24, 2.45) is 0 Å². The average molecular weight is 311 g/mol. The molecule has 0 aliphatic carbocycles. The summed E-state index contributed by atoms with van der Waals surface area (Å²) in [6, 6.07) is 13.6. The molecule has 0 saturated heterocycles. The summed E-state index contributed by atoms with van der Waals surface area (Å²) in [7, 11) is 1.57. The molecular formula is C18H17NO4. The third kappa shape index (κ3) is 4.20. The molecule has 0 spiro atoms. The minimum Gasteiger partial charge on any atom is -0.497 e. The Hall–Kier alpha value is -3.08. The first-order valence-corrected chi connectivity index (χ1v) is 6.97. The van der Waals surface area contributed by atoms with Crippen LogP contribution in [0.5, 0.6) is 5.75 Å². The standard InChI is InChI=1S/C18H17NO4/c1-12(10-13-6-5-7-14(11-13)23-2)17(20)19-16-9-4-3-8-15(16)18(21)22/h3-11H,1-2H3,(H,19,20)(H,21,22). The summed E-state index contributed by atoms with van der Waals surface area (Å²) in [4.78, 5) is 23.4. The van der Waals surface area contributed by atoms with Crippen molar-refractivity contribution < 1.29 is 19.4 Å². The van der Waals surface area contributed by atoms with Crippen molar-refractivity contribution >= 4 is 23.6 Å². The molecule has 0 bridgehead atoms. The van der Waals surface area contributed by atoms with Crippen LogP contribution in [0.15, 0.2) is 54.1 Å². The molecule has 0 radical (unpaired) electrons. The third-order valence-corrected chi connectivity index (χ3v) is 3.24. The maximum absolute atomic E-state index is 12.2. The van der Waals surface area contributed by atoms with Crippen molar-refractivity contribution in [3.05, 3.63) is 65.2 Å². The molecule has 0 aliphatic heterocycles. The van der Waals surface area contributed by atoms with Gasteiger partial charge in [-0.2, -0.15) is 0 Å². The number of hydrogen-bond acceptors (Lipinski definition) is 3. The number of aromatic carboxylic acids is 1. The van der Waals surface area contributed by atoms with Gasteiger partial charge in [-0.1, -0.05) is 24.3 Å². The highest BCUT2D eigenvalue weighted by atomic mass is 16.5. The Morgan fingerprint density at radius 2 is 1.87 bits per heavy atom. The van der Waals surface area contributed by atoms with E-state index in [1.807, 2.05) is 24.3 Å². The van der Waals surface area contributed by atoms with Gasteiger partial charge < -0.3 is 15.2 Å². The Morgan fingerprint density at radius 3 is 2.57 bits per heavy atom. The van der Waals surface area contributed by atoms with Crippen LogP contribution >= 0.6 is 0 Å². The summed E-state index contributed by atoms with van der Waals surface area (Å²) in [6.07, 6.45) is 1.71. The highest BCUT2D eigenvalue weighted by Gasteiger charge is 2.12. The van der Waals surface area contributed by atoms with E-state index in [4.69, 9.17) is 9.84 Å². The smallest absolute Gasteiger partial charge is 0.337 e. The summed E-state index contributed by atoms with van der Waals surface area (Å²) >= 11 is 0. The number of rotatable bonds is 5. The van der Waals surface area contributed by atoms with Gasteiger partial charge in [-0.25, -0.2) is 4.79 Å². The number of benzene rings is 2. The first-order valence-electron chi connectivity index (χ1n) is 6.97. The zero-order chi connectivity index (χ0) is 16.8. The molecule has 2 N–H and O–H groups in total. The van der Waals surface area contributed by atoms with Gasteiger partial charge in [0.1, 0.15) is 5.75 Å². The van der Waals surface area contributed by atoms with Gasteiger partial charge in [0, 0.05) is 5.57 Å². The third-order valence-electron chi connectivity index (χ3n) is 3.24. The van der Waals surface area contributed by atoms with Gasteiger partial charge in [-0.15, -0.1) is 0 Å². The van der Waals surface area contributed by atoms with E-state index in [0.717, 1.165) is 5.56 Å². The Morgan fingerprint density at radius 1 is 1.13 bits per heavy atom. The summed E-state index contributed by atoms with van der Waals surface area (Å²) < 4.78 is 5.14. The molecule has 0 atom stereocenters. The van der Waals surface area contributed by atoms with Crippen LogP contribution in [-0.2, 0) is 4.79 Å². The number of ether oxygens (including phenoxy) is 1. The van der Waals surface area contributed by atoms with Crippen LogP contribution in [-0.4, -0.2) is 24.1 Å². The van der Waals surface area contributed by atoms with Gasteiger partial charge in [0.15, 0.2) is 0 Å².